The van der Waals surface area contributed by atoms with Crippen LogP contribution in [0.25, 0.3) is 0 Å². The van der Waals surface area contributed by atoms with Gasteiger partial charge < -0.3 is 10.0 Å². The van der Waals surface area contributed by atoms with Crippen LogP contribution in [-0.4, -0.2) is 59.6 Å². The van der Waals surface area contributed by atoms with Gasteiger partial charge in [-0.15, -0.1) is 0 Å². The molecule has 104 valence electrons. The highest BCUT2D eigenvalue weighted by atomic mass is 16.4. The van der Waals surface area contributed by atoms with E-state index in [1.165, 1.54) is 25.7 Å². The molecule has 2 rings (SSSR count). The third-order valence-electron chi connectivity index (χ3n) is 4.50. The van der Waals surface area contributed by atoms with Crippen molar-refractivity contribution in [3.05, 3.63) is 0 Å². The zero-order valence-corrected chi connectivity index (χ0v) is 11.5. The van der Waals surface area contributed by atoms with Crippen LogP contribution in [0.15, 0.2) is 0 Å². The topological polar surface area (TPSA) is 43.8 Å². The van der Waals surface area contributed by atoms with Gasteiger partial charge in [-0.25, -0.2) is 0 Å². The fourth-order valence-corrected chi connectivity index (χ4v) is 3.68. The first-order valence-electron chi connectivity index (χ1n) is 7.28. The van der Waals surface area contributed by atoms with E-state index >= 15 is 0 Å². The molecule has 1 unspecified atom stereocenters. The third kappa shape index (κ3) is 3.23. The lowest BCUT2D eigenvalue weighted by Gasteiger charge is -2.48. The van der Waals surface area contributed by atoms with Crippen LogP contribution in [0.5, 0.6) is 0 Å². The average molecular weight is 254 g/mol. The van der Waals surface area contributed by atoms with Gasteiger partial charge in [-0.1, -0.05) is 12.8 Å². The average Bonchev–Trinajstić information content (AvgIpc) is 2.56. The molecule has 0 radical (unpaired) electrons. The third-order valence-corrected chi connectivity index (χ3v) is 4.50. The zero-order chi connectivity index (χ0) is 13.0. The van der Waals surface area contributed by atoms with E-state index in [1.807, 2.05) is 0 Å². The lowest BCUT2D eigenvalue weighted by atomic mass is 9.84. The molecule has 0 aromatic carbocycles. The number of carboxylic acids is 1. The summed E-state index contributed by atoms with van der Waals surface area (Å²) in [6, 6.07) is 0. The highest BCUT2D eigenvalue weighted by molar-refractivity contribution is 5.68. The molecule has 2 saturated heterocycles. The van der Waals surface area contributed by atoms with Gasteiger partial charge in [-0.2, -0.15) is 0 Å². The standard InChI is InChI=1S/C14H26N2O2/c1-15-8-6-7-14(12-15,11-13(17)18)16-9-4-2-3-5-10-16/h2-12H2,1H3,(H,17,18). The van der Waals surface area contributed by atoms with E-state index in [0.29, 0.717) is 6.42 Å². The summed E-state index contributed by atoms with van der Waals surface area (Å²) in [5, 5.41) is 9.27. The van der Waals surface area contributed by atoms with E-state index in [-0.39, 0.29) is 5.54 Å². The van der Waals surface area contributed by atoms with Crippen molar-refractivity contribution in [2.24, 2.45) is 0 Å². The Bertz CT molecular complexity index is 288. The Balaban J connectivity index is 2.13. The molecule has 0 bridgehead atoms. The first-order valence-corrected chi connectivity index (χ1v) is 7.28. The number of piperidine rings is 1. The van der Waals surface area contributed by atoms with Gasteiger partial charge in [-0.05, 0) is 52.4 Å². The van der Waals surface area contributed by atoms with Gasteiger partial charge in [-0.3, -0.25) is 9.69 Å². The molecule has 2 fully saturated rings. The summed E-state index contributed by atoms with van der Waals surface area (Å²) >= 11 is 0. The van der Waals surface area contributed by atoms with Crippen LogP contribution in [0.4, 0.5) is 0 Å². The number of rotatable bonds is 3. The van der Waals surface area contributed by atoms with Crippen molar-refractivity contribution in [3.63, 3.8) is 0 Å². The molecule has 4 heteroatoms. The smallest absolute Gasteiger partial charge is 0.305 e. The highest BCUT2D eigenvalue weighted by Crippen LogP contribution is 2.32. The van der Waals surface area contributed by atoms with Crippen molar-refractivity contribution in [2.75, 3.05) is 33.2 Å². The first-order chi connectivity index (χ1) is 8.62. The molecule has 2 heterocycles. The minimum absolute atomic E-state index is 0.108. The van der Waals surface area contributed by atoms with Crippen molar-refractivity contribution in [1.29, 1.82) is 0 Å². The summed E-state index contributed by atoms with van der Waals surface area (Å²) in [4.78, 5) is 16.1. The van der Waals surface area contributed by atoms with Crippen molar-refractivity contribution in [2.45, 2.75) is 50.5 Å². The van der Waals surface area contributed by atoms with Crippen LogP contribution >= 0.6 is 0 Å². The Hall–Kier alpha value is -0.610. The predicted molar refractivity (Wildman–Crippen MR) is 71.8 cm³/mol. The summed E-state index contributed by atoms with van der Waals surface area (Å²) in [5.74, 6) is -0.644. The van der Waals surface area contributed by atoms with E-state index in [2.05, 4.69) is 16.8 Å². The van der Waals surface area contributed by atoms with Gasteiger partial charge in [0.1, 0.15) is 0 Å². The minimum Gasteiger partial charge on any atom is -0.481 e. The number of aliphatic carboxylic acids is 1. The zero-order valence-electron chi connectivity index (χ0n) is 11.5. The number of carboxylic acid groups (broad SMARTS) is 1. The van der Waals surface area contributed by atoms with Gasteiger partial charge in [0, 0.05) is 12.1 Å². The van der Waals surface area contributed by atoms with Crippen molar-refractivity contribution in [1.82, 2.24) is 9.80 Å². The molecule has 0 saturated carbocycles. The summed E-state index contributed by atoms with van der Waals surface area (Å²) < 4.78 is 0. The van der Waals surface area contributed by atoms with E-state index < -0.39 is 5.97 Å². The molecule has 2 aliphatic heterocycles. The first kappa shape index (κ1) is 13.8. The number of carbonyl (C=O) groups is 1. The maximum atomic E-state index is 11.3. The van der Waals surface area contributed by atoms with E-state index in [0.717, 1.165) is 39.0 Å². The molecule has 4 nitrogen and oxygen atoms in total. The van der Waals surface area contributed by atoms with Crippen LogP contribution < -0.4 is 0 Å². The molecular formula is C14H26N2O2. The molecule has 0 amide bonds. The summed E-state index contributed by atoms with van der Waals surface area (Å²) in [6.07, 6.45) is 7.53. The molecule has 0 spiro atoms. The molecular weight excluding hydrogens is 228 g/mol. The Morgan fingerprint density at radius 2 is 1.78 bits per heavy atom. The van der Waals surface area contributed by atoms with Crippen LogP contribution in [0.3, 0.4) is 0 Å². The molecule has 18 heavy (non-hydrogen) atoms. The fourth-order valence-electron chi connectivity index (χ4n) is 3.68. The Kier molecular flexibility index (Phi) is 4.62. The van der Waals surface area contributed by atoms with E-state index in [9.17, 15) is 9.90 Å². The van der Waals surface area contributed by atoms with Gasteiger partial charge in [0.05, 0.1) is 6.42 Å². The minimum atomic E-state index is -0.644. The number of nitrogens with zero attached hydrogens (tertiary/aromatic N) is 2. The number of likely N-dealkylation sites (N-methyl/N-ethyl adjacent to an activating group) is 1. The lowest BCUT2D eigenvalue weighted by Crippen LogP contribution is -2.59. The molecule has 0 aromatic rings. The number of hydrogen-bond acceptors (Lipinski definition) is 3. The SMILES string of the molecule is CN1CCCC(CC(=O)O)(N2CCCCCC2)C1. The van der Waals surface area contributed by atoms with E-state index in [4.69, 9.17) is 0 Å². The van der Waals surface area contributed by atoms with Gasteiger partial charge in [0.25, 0.3) is 0 Å². The van der Waals surface area contributed by atoms with Crippen LogP contribution in [0.1, 0.15) is 44.9 Å². The summed E-state index contributed by atoms with van der Waals surface area (Å²) in [6.45, 7) is 4.19. The molecule has 0 aromatic heterocycles. The quantitative estimate of drug-likeness (QED) is 0.834. The van der Waals surface area contributed by atoms with Crippen molar-refractivity contribution < 1.29 is 9.90 Å². The Morgan fingerprint density at radius 1 is 1.11 bits per heavy atom. The normalized spacial score (nSPS) is 32.1. The molecule has 0 aliphatic carbocycles. The number of likely N-dealkylation sites (tertiary alicyclic amines) is 2. The largest absolute Gasteiger partial charge is 0.481 e. The van der Waals surface area contributed by atoms with Crippen LogP contribution in [0.2, 0.25) is 0 Å². The van der Waals surface area contributed by atoms with Crippen molar-refractivity contribution >= 4 is 5.97 Å². The second-order valence-electron chi connectivity index (χ2n) is 6.04. The van der Waals surface area contributed by atoms with E-state index in [1.54, 1.807) is 0 Å². The maximum Gasteiger partial charge on any atom is 0.305 e. The lowest BCUT2D eigenvalue weighted by molar-refractivity contribution is -0.142. The molecule has 2 aliphatic rings. The summed E-state index contributed by atoms with van der Waals surface area (Å²) in [5.41, 5.74) is -0.108. The van der Waals surface area contributed by atoms with Crippen LogP contribution in [0, 0.1) is 0 Å². The fraction of sp³-hybridized carbons (Fsp3) is 0.929. The Morgan fingerprint density at radius 3 is 2.33 bits per heavy atom. The molecule has 1 N–H and O–H groups in total. The number of hydrogen-bond donors (Lipinski definition) is 1. The van der Waals surface area contributed by atoms with Gasteiger partial charge >= 0.3 is 5.97 Å². The van der Waals surface area contributed by atoms with Gasteiger partial charge in [0.2, 0.25) is 0 Å². The van der Waals surface area contributed by atoms with Crippen molar-refractivity contribution in [3.8, 4) is 0 Å². The Labute approximate surface area is 110 Å². The van der Waals surface area contributed by atoms with Gasteiger partial charge in [0.15, 0.2) is 0 Å². The molecule has 1 atom stereocenters. The van der Waals surface area contributed by atoms with Crippen LogP contribution in [-0.2, 0) is 4.79 Å². The second kappa shape index (κ2) is 6.02. The highest BCUT2D eigenvalue weighted by Gasteiger charge is 2.41. The monoisotopic (exact) mass is 254 g/mol. The predicted octanol–water partition coefficient (Wildman–Crippen LogP) is 1.80. The second-order valence-corrected chi connectivity index (χ2v) is 6.04. The summed E-state index contributed by atoms with van der Waals surface area (Å²) in [7, 11) is 2.12. The maximum absolute atomic E-state index is 11.3.